The minimum absolute atomic E-state index is 0.128. The van der Waals surface area contributed by atoms with E-state index in [0.29, 0.717) is 15.0 Å². The molecule has 0 saturated heterocycles. The fourth-order valence-electron chi connectivity index (χ4n) is 0.402. The fourth-order valence-corrected chi connectivity index (χ4v) is 2.09. The van der Waals surface area contributed by atoms with Gasteiger partial charge in [-0.25, -0.2) is 0 Å². The number of hydrogen-bond acceptors (Lipinski definition) is 2. The first-order valence-corrected chi connectivity index (χ1v) is 5.60. The van der Waals surface area contributed by atoms with Crippen LogP contribution in [0.15, 0.2) is 0 Å². The van der Waals surface area contributed by atoms with E-state index in [0.717, 1.165) is 17.1 Å². The zero-order valence-corrected chi connectivity index (χ0v) is 7.42. The zero-order valence-electron chi connectivity index (χ0n) is 5.71. The molecule has 0 aliphatic rings. The SMILES string of the molecule is CCC(O)C[Se]CCO. The van der Waals surface area contributed by atoms with Crippen molar-refractivity contribution >= 4 is 15.0 Å². The molecule has 0 radical (unpaired) electrons. The summed E-state index contributed by atoms with van der Waals surface area (Å²) in [6.07, 6.45) is 0.712. The third kappa shape index (κ3) is 6.32. The molecular weight excluding hydrogens is 183 g/mol. The molecule has 0 aromatic heterocycles. The third-order valence-corrected chi connectivity index (χ3v) is 3.31. The predicted molar refractivity (Wildman–Crippen MR) is 38.8 cm³/mol. The Morgan fingerprint density at radius 1 is 1.56 bits per heavy atom. The Kier molecular flexibility index (Phi) is 6.88. The summed E-state index contributed by atoms with van der Waals surface area (Å²) in [4.78, 5) is 0. The molecule has 0 aromatic rings. The molecule has 0 rings (SSSR count). The summed E-state index contributed by atoms with van der Waals surface area (Å²) in [5, 5.41) is 19.2. The van der Waals surface area contributed by atoms with Gasteiger partial charge in [0.25, 0.3) is 0 Å². The summed E-state index contributed by atoms with van der Waals surface area (Å²) in [5.41, 5.74) is 0. The molecule has 56 valence electrons. The third-order valence-electron chi connectivity index (χ3n) is 1.02. The second-order valence-electron chi connectivity index (χ2n) is 1.86. The molecule has 0 aliphatic carbocycles. The van der Waals surface area contributed by atoms with Gasteiger partial charge in [-0.2, -0.15) is 0 Å². The first-order chi connectivity index (χ1) is 4.31. The van der Waals surface area contributed by atoms with Crippen LogP contribution in [0.4, 0.5) is 0 Å². The molecule has 0 spiro atoms. The standard InChI is InChI=1S/C6H14O2Se/c1-2-6(8)5-9-4-3-7/h6-8H,2-5H2,1H3. The summed E-state index contributed by atoms with van der Waals surface area (Å²) in [6, 6.07) is 0. The van der Waals surface area contributed by atoms with Crippen LogP contribution < -0.4 is 0 Å². The van der Waals surface area contributed by atoms with Gasteiger partial charge >= 0.3 is 61.9 Å². The van der Waals surface area contributed by atoms with Crippen LogP contribution in [0.2, 0.25) is 10.6 Å². The van der Waals surface area contributed by atoms with Crippen molar-refractivity contribution in [2.24, 2.45) is 0 Å². The van der Waals surface area contributed by atoms with E-state index >= 15 is 0 Å². The molecule has 0 aromatic carbocycles. The maximum atomic E-state index is 9.02. The van der Waals surface area contributed by atoms with Crippen molar-refractivity contribution < 1.29 is 10.2 Å². The second-order valence-corrected chi connectivity index (χ2v) is 4.27. The van der Waals surface area contributed by atoms with Crippen molar-refractivity contribution in [2.45, 2.75) is 30.1 Å². The molecule has 9 heavy (non-hydrogen) atoms. The summed E-state index contributed by atoms with van der Waals surface area (Å²) < 4.78 is 0. The first kappa shape index (κ1) is 9.44. The van der Waals surface area contributed by atoms with Crippen LogP contribution in [0.3, 0.4) is 0 Å². The van der Waals surface area contributed by atoms with Crippen molar-refractivity contribution in [1.29, 1.82) is 0 Å². The van der Waals surface area contributed by atoms with Gasteiger partial charge in [-0.15, -0.1) is 0 Å². The average Bonchev–Trinajstić information content (AvgIpc) is 1.89. The first-order valence-electron chi connectivity index (χ1n) is 3.18. The van der Waals surface area contributed by atoms with Crippen LogP contribution in [0.5, 0.6) is 0 Å². The summed E-state index contributed by atoms with van der Waals surface area (Å²) in [6.45, 7) is 2.25. The number of rotatable bonds is 5. The average molecular weight is 197 g/mol. The summed E-state index contributed by atoms with van der Waals surface area (Å²) in [5.74, 6) is 0. The van der Waals surface area contributed by atoms with Crippen molar-refractivity contribution in [3.8, 4) is 0 Å². The van der Waals surface area contributed by atoms with E-state index in [9.17, 15) is 0 Å². The minimum atomic E-state index is -0.128. The predicted octanol–water partition coefficient (Wildman–Crippen LogP) is 0.290. The van der Waals surface area contributed by atoms with Gasteiger partial charge in [-0.1, -0.05) is 0 Å². The van der Waals surface area contributed by atoms with Crippen molar-refractivity contribution in [2.75, 3.05) is 6.61 Å². The van der Waals surface area contributed by atoms with Gasteiger partial charge in [0.15, 0.2) is 0 Å². The van der Waals surface area contributed by atoms with Gasteiger partial charge < -0.3 is 0 Å². The Balaban J connectivity index is 2.88. The topological polar surface area (TPSA) is 40.5 Å². The molecular formula is C6H14O2Se. The fraction of sp³-hybridized carbons (Fsp3) is 1.00. The van der Waals surface area contributed by atoms with Gasteiger partial charge in [-0.05, 0) is 0 Å². The molecule has 2 N–H and O–H groups in total. The Hall–Kier alpha value is 0.439. The monoisotopic (exact) mass is 198 g/mol. The quantitative estimate of drug-likeness (QED) is 0.491. The van der Waals surface area contributed by atoms with E-state index in [2.05, 4.69) is 0 Å². The van der Waals surface area contributed by atoms with E-state index < -0.39 is 0 Å². The molecule has 3 heteroatoms. The molecule has 1 atom stereocenters. The Morgan fingerprint density at radius 2 is 2.22 bits per heavy atom. The second kappa shape index (κ2) is 6.56. The van der Waals surface area contributed by atoms with Crippen LogP contribution in [0, 0.1) is 0 Å². The maximum absolute atomic E-state index is 9.02. The molecule has 0 saturated carbocycles. The molecule has 1 unspecified atom stereocenters. The van der Waals surface area contributed by atoms with E-state index in [-0.39, 0.29) is 12.7 Å². The van der Waals surface area contributed by atoms with Gasteiger partial charge in [0.05, 0.1) is 0 Å². The zero-order chi connectivity index (χ0) is 7.11. The molecule has 0 heterocycles. The Bertz CT molecular complexity index is 59.0. The molecule has 0 bridgehead atoms. The number of aliphatic hydroxyl groups excluding tert-OH is 2. The summed E-state index contributed by atoms with van der Waals surface area (Å²) >= 11 is 0.449. The van der Waals surface area contributed by atoms with E-state index in [1.54, 1.807) is 0 Å². The van der Waals surface area contributed by atoms with Gasteiger partial charge in [0.2, 0.25) is 0 Å². The van der Waals surface area contributed by atoms with Gasteiger partial charge in [-0.3, -0.25) is 0 Å². The molecule has 2 nitrogen and oxygen atoms in total. The molecule has 0 fully saturated rings. The van der Waals surface area contributed by atoms with E-state index in [4.69, 9.17) is 10.2 Å². The Labute approximate surface area is 62.4 Å². The number of hydrogen-bond donors (Lipinski definition) is 2. The normalized spacial score (nSPS) is 13.7. The van der Waals surface area contributed by atoms with Crippen molar-refractivity contribution in [1.82, 2.24) is 0 Å². The van der Waals surface area contributed by atoms with Crippen molar-refractivity contribution in [3.05, 3.63) is 0 Å². The molecule has 0 amide bonds. The van der Waals surface area contributed by atoms with Crippen LogP contribution in [-0.2, 0) is 0 Å². The van der Waals surface area contributed by atoms with E-state index in [1.807, 2.05) is 6.92 Å². The molecule has 0 aliphatic heterocycles. The van der Waals surface area contributed by atoms with Gasteiger partial charge in [0.1, 0.15) is 0 Å². The summed E-state index contributed by atoms with van der Waals surface area (Å²) in [7, 11) is 0. The van der Waals surface area contributed by atoms with Crippen LogP contribution in [0.1, 0.15) is 13.3 Å². The van der Waals surface area contributed by atoms with Crippen LogP contribution in [-0.4, -0.2) is 37.9 Å². The Morgan fingerprint density at radius 3 is 2.67 bits per heavy atom. The van der Waals surface area contributed by atoms with Crippen LogP contribution in [0.25, 0.3) is 0 Å². The van der Waals surface area contributed by atoms with Crippen LogP contribution >= 0.6 is 0 Å². The van der Waals surface area contributed by atoms with E-state index in [1.165, 1.54) is 0 Å². The van der Waals surface area contributed by atoms with Gasteiger partial charge in [0, 0.05) is 0 Å². The van der Waals surface area contributed by atoms with Crippen molar-refractivity contribution in [3.63, 3.8) is 0 Å². The number of aliphatic hydroxyl groups is 2.